The Kier molecular flexibility index (Phi) is 4.07. The Morgan fingerprint density at radius 1 is 1.44 bits per heavy atom. The largest absolute Gasteiger partial charge is 0.371 e. The van der Waals surface area contributed by atoms with Crippen molar-refractivity contribution in [2.45, 2.75) is 25.8 Å². The summed E-state index contributed by atoms with van der Waals surface area (Å²) in [4.78, 5) is 13.9. The van der Waals surface area contributed by atoms with Gasteiger partial charge < -0.3 is 10.2 Å². The van der Waals surface area contributed by atoms with Gasteiger partial charge in [0.1, 0.15) is 6.04 Å². The predicted octanol–water partition coefficient (Wildman–Crippen LogP) is 2.90. The number of carbonyl (C=O) groups excluding carboxylic acids is 1. The highest BCUT2D eigenvalue weighted by Gasteiger charge is 2.23. The summed E-state index contributed by atoms with van der Waals surface area (Å²) < 4.78 is 13.7. The van der Waals surface area contributed by atoms with Crippen molar-refractivity contribution in [2.24, 2.45) is 0 Å². The molecule has 2 rings (SSSR count). The van der Waals surface area contributed by atoms with Crippen LogP contribution in [0, 0.1) is 5.82 Å². The third-order valence-corrected chi connectivity index (χ3v) is 3.40. The minimum Gasteiger partial charge on any atom is -0.371 e. The highest BCUT2D eigenvalue weighted by molar-refractivity contribution is 6.31. The molecule has 18 heavy (non-hydrogen) atoms. The van der Waals surface area contributed by atoms with Crippen molar-refractivity contribution in [3.63, 3.8) is 0 Å². The van der Waals surface area contributed by atoms with E-state index in [9.17, 15) is 9.18 Å². The lowest BCUT2D eigenvalue weighted by Gasteiger charge is -2.22. The van der Waals surface area contributed by atoms with E-state index in [4.69, 9.17) is 11.6 Å². The van der Waals surface area contributed by atoms with Gasteiger partial charge in [0.15, 0.2) is 5.82 Å². The summed E-state index contributed by atoms with van der Waals surface area (Å²) in [5.41, 5.74) is 0.266. The SMILES string of the molecule is CC(Nc1cccc(Cl)c1F)C(=O)N1CCCC1. The summed E-state index contributed by atoms with van der Waals surface area (Å²) >= 11 is 5.69. The molecule has 1 unspecified atom stereocenters. The summed E-state index contributed by atoms with van der Waals surface area (Å²) in [5.74, 6) is -0.507. The number of carbonyl (C=O) groups is 1. The third-order valence-electron chi connectivity index (χ3n) is 3.11. The third kappa shape index (κ3) is 2.75. The molecule has 0 bridgehead atoms. The zero-order valence-corrected chi connectivity index (χ0v) is 11.0. The van der Waals surface area contributed by atoms with Gasteiger partial charge >= 0.3 is 0 Å². The van der Waals surface area contributed by atoms with Crippen molar-refractivity contribution < 1.29 is 9.18 Å². The molecule has 1 aliphatic rings. The molecule has 1 heterocycles. The molecule has 5 heteroatoms. The average molecular weight is 271 g/mol. The first-order chi connectivity index (χ1) is 8.59. The molecule has 1 fully saturated rings. The topological polar surface area (TPSA) is 32.3 Å². The minimum absolute atomic E-state index is 0.00637. The molecule has 1 aromatic rings. The second kappa shape index (κ2) is 5.57. The first-order valence-corrected chi connectivity index (χ1v) is 6.46. The molecule has 98 valence electrons. The molecule has 1 saturated heterocycles. The summed E-state index contributed by atoms with van der Waals surface area (Å²) in [6.45, 7) is 3.33. The summed E-state index contributed by atoms with van der Waals surface area (Å²) in [5, 5.41) is 2.93. The second-order valence-corrected chi connectivity index (χ2v) is 4.91. The van der Waals surface area contributed by atoms with Crippen LogP contribution < -0.4 is 5.32 Å². The van der Waals surface area contributed by atoms with Crippen molar-refractivity contribution in [1.29, 1.82) is 0 Å². The Hall–Kier alpha value is -1.29. The summed E-state index contributed by atoms with van der Waals surface area (Å²) in [6.07, 6.45) is 2.09. The van der Waals surface area contributed by atoms with E-state index in [-0.39, 0.29) is 16.6 Å². The van der Waals surface area contributed by atoms with Crippen LogP contribution in [0.3, 0.4) is 0 Å². The van der Waals surface area contributed by atoms with Gasteiger partial charge in [0, 0.05) is 13.1 Å². The van der Waals surface area contributed by atoms with Gasteiger partial charge in [-0.05, 0) is 31.9 Å². The fourth-order valence-electron chi connectivity index (χ4n) is 2.12. The number of nitrogens with zero attached hydrogens (tertiary/aromatic N) is 1. The maximum atomic E-state index is 13.7. The molecule has 1 amide bonds. The first kappa shape index (κ1) is 13.1. The van der Waals surface area contributed by atoms with Gasteiger partial charge in [0.2, 0.25) is 5.91 Å². The van der Waals surface area contributed by atoms with Crippen LogP contribution >= 0.6 is 11.6 Å². The van der Waals surface area contributed by atoms with Gasteiger partial charge in [-0.1, -0.05) is 17.7 Å². The molecule has 0 aliphatic carbocycles. The van der Waals surface area contributed by atoms with Crippen LogP contribution in [0.1, 0.15) is 19.8 Å². The van der Waals surface area contributed by atoms with Crippen LogP contribution in [-0.4, -0.2) is 29.9 Å². The second-order valence-electron chi connectivity index (χ2n) is 4.50. The highest BCUT2D eigenvalue weighted by atomic mass is 35.5. The molecule has 1 atom stereocenters. The van der Waals surface area contributed by atoms with E-state index in [0.29, 0.717) is 0 Å². The van der Waals surface area contributed by atoms with E-state index in [2.05, 4.69) is 5.32 Å². The Balaban J connectivity index is 2.04. The maximum absolute atomic E-state index is 13.7. The van der Waals surface area contributed by atoms with E-state index in [1.165, 1.54) is 6.07 Å². The zero-order chi connectivity index (χ0) is 13.1. The molecule has 0 saturated carbocycles. The van der Waals surface area contributed by atoms with Gasteiger partial charge in [0.05, 0.1) is 10.7 Å². The standard InChI is InChI=1S/C13H16ClFN2O/c1-9(13(18)17-7-2-3-8-17)16-11-6-4-5-10(14)12(11)15/h4-6,9,16H,2-3,7-8H2,1H3. The van der Waals surface area contributed by atoms with Gasteiger partial charge in [-0.25, -0.2) is 4.39 Å². The number of hydrogen-bond donors (Lipinski definition) is 1. The van der Waals surface area contributed by atoms with Crippen molar-refractivity contribution in [3.8, 4) is 0 Å². The average Bonchev–Trinajstić information content (AvgIpc) is 2.87. The lowest BCUT2D eigenvalue weighted by Crippen LogP contribution is -2.39. The molecular weight excluding hydrogens is 255 g/mol. The van der Waals surface area contributed by atoms with Crippen molar-refractivity contribution in [1.82, 2.24) is 4.90 Å². The highest BCUT2D eigenvalue weighted by Crippen LogP contribution is 2.23. The number of hydrogen-bond acceptors (Lipinski definition) is 2. The molecule has 0 radical (unpaired) electrons. The van der Waals surface area contributed by atoms with E-state index in [1.54, 1.807) is 24.0 Å². The number of benzene rings is 1. The number of likely N-dealkylation sites (tertiary alicyclic amines) is 1. The van der Waals surface area contributed by atoms with E-state index in [0.717, 1.165) is 25.9 Å². The van der Waals surface area contributed by atoms with Crippen molar-refractivity contribution in [2.75, 3.05) is 18.4 Å². The van der Waals surface area contributed by atoms with Crippen LogP contribution in [0.25, 0.3) is 0 Å². The van der Waals surface area contributed by atoms with Gasteiger partial charge in [-0.2, -0.15) is 0 Å². The summed E-state index contributed by atoms with van der Waals surface area (Å²) in [7, 11) is 0. The molecule has 0 aromatic heterocycles. The molecule has 0 spiro atoms. The normalized spacial score (nSPS) is 16.7. The van der Waals surface area contributed by atoms with Gasteiger partial charge in [0.25, 0.3) is 0 Å². The molecule has 3 nitrogen and oxygen atoms in total. The fraction of sp³-hybridized carbons (Fsp3) is 0.462. The molecule has 1 aromatic carbocycles. The molecule has 1 N–H and O–H groups in total. The Morgan fingerprint density at radius 2 is 2.11 bits per heavy atom. The van der Waals surface area contributed by atoms with E-state index >= 15 is 0 Å². The first-order valence-electron chi connectivity index (χ1n) is 6.09. The van der Waals surface area contributed by atoms with Gasteiger partial charge in [-0.15, -0.1) is 0 Å². The van der Waals surface area contributed by atoms with Crippen LogP contribution in [0.4, 0.5) is 10.1 Å². The lowest BCUT2D eigenvalue weighted by atomic mass is 10.2. The van der Waals surface area contributed by atoms with Crippen molar-refractivity contribution >= 4 is 23.2 Å². The number of anilines is 1. The van der Waals surface area contributed by atoms with Crippen LogP contribution in [0.15, 0.2) is 18.2 Å². The van der Waals surface area contributed by atoms with Crippen LogP contribution in [-0.2, 0) is 4.79 Å². The van der Waals surface area contributed by atoms with E-state index in [1.807, 2.05) is 0 Å². The quantitative estimate of drug-likeness (QED) is 0.916. The Bertz CT molecular complexity index is 447. The van der Waals surface area contributed by atoms with E-state index < -0.39 is 11.9 Å². The maximum Gasteiger partial charge on any atom is 0.244 e. The minimum atomic E-state index is -0.514. The number of halogens is 2. The number of amides is 1. The summed E-state index contributed by atoms with van der Waals surface area (Å²) in [6, 6.07) is 4.27. The predicted molar refractivity (Wildman–Crippen MR) is 70.3 cm³/mol. The smallest absolute Gasteiger partial charge is 0.244 e. The van der Waals surface area contributed by atoms with Crippen LogP contribution in [0.5, 0.6) is 0 Å². The zero-order valence-electron chi connectivity index (χ0n) is 10.2. The molecule has 1 aliphatic heterocycles. The van der Waals surface area contributed by atoms with Crippen molar-refractivity contribution in [3.05, 3.63) is 29.0 Å². The monoisotopic (exact) mass is 270 g/mol. The lowest BCUT2D eigenvalue weighted by molar-refractivity contribution is -0.130. The van der Waals surface area contributed by atoms with Crippen LogP contribution in [0.2, 0.25) is 5.02 Å². The fourth-order valence-corrected chi connectivity index (χ4v) is 2.30. The van der Waals surface area contributed by atoms with Gasteiger partial charge in [-0.3, -0.25) is 4.79 Å². The molecular formula is C13H16ClFN2O. The number of nitrogens with one attached hydrogen (secondary N) is 1. The Morgan fingerprint density at radius 3 is 2.78 bits per heavy atom. The number of rotatable bonds is 3. The Labute approximate surface area is 111 Å².